The van der Waals surface area contributed by atoms with E-state index in [-0.39, 0.29) is 0 Å². The van der Waals surface area contributed by atoms with Crippen LogP contribution in [0.25, 0.3) is 218 Å². The molecule has 8 aromatic heterocycles. The van der Waals surface area contributed by atoms with Crippen molar-refractivity contribution < 1.29 is 0 Å². The molecule has 0 saturated heterocycles. The maximum Gasteiger partial charge on any atom is 0.235 e. The van der Waals surface area contributed by atoms with Crippen molar-refractivity contribution in [2.45, 2.75) is 12.0 Å². The van der Waals surface area contributed by atoms with Gasteiger partial charge in [-0.1, -0.05) is 315 Å². The molecule has 0 N–H and O–H groups in total. The Morgan fingerprint density at radius 2 is 0.639 bits per heavy atom. The molecule has 27 rings (SSSR count). The Hall–Kier alpha value is -16.5. The van der Waals surface area contributed by atoms with Gasteiger partial charge in [0.15, 0.2) is 13.9 Å². The van der Waals surface area contributed by atoms with Crippen molar-refractivity contribution in [1.29, 1.82) is 0 Å². The summed E-state index contributed by atoms with van der Waals surface area (Å²) in [6.45, 7) is 0. The highest BCUT2D eigenvalue weighted by molar-refractivity contribution is 7.27. The molecule has 1 aliphatic carbocycles. The molecule has 0 bridgehead atoms. The number of rotatable bonds is 14. The predicted octanol–water partition coefficient (Wildman–Crippen LogP) is 30.4. The highest BCUT2D eigenvalue weighted by Gasteiger charge is 2.45. The van der Waals surface area contributed by atoms with Crippen LogP contribution in [0.3, 0.4) is 0 Å². The summed E-state index contributed by atoms with van der Waals surface area (Å²) in [5, 5.41) is 19.2. The fraction of sp³-hybridized carbons (Fsp3) is 0.0164. The fourth-order valence-electron chi connectivity index (χ4n) is 21.3. The Kier molecular flexibility index (Phi) is 18.7. The lowest BCUT2D eigenvalue weighted by Crippen LogP contribution is -2.69. The fourth-order valence-corrected chi connectivity index (χ4v) is 29.1. The van der Waals surface area contributed by atoms with Crippen molar-refractivity contribution >= 4 is 174 Å². The maximum atomic E-state index is 5.50. The van der Waals surface area contributed by atoms with Crippen LogP contribution in [0.2, 0.25) is 5.54 Å². The SMILES string of the molecule is C1=CCC([Si](c2ccccc2)(c2ccccc2)c2cccc(-c3ccnc(-n4c5ccc(-c6ccc7c(c6)c6ccccc6n7-c6ccccc6)cc5c5c6sc7ccccc7c6ccc54)n3)c2)C=C1.c1ccc(-c2cc(-c3ccccc3)nc(-c3ccc(-n4c5ccc(-c6ccc7c(c6)c6ccccc6n7-c6ccccc6)cc5c5c6sc7ccccc7c6ccc54)cc3)n2)cc1. The van der Waals surface area contributed by atoms with Crippen molar-refractivity contribution in [1.82, 2.24) is 38.2 Å². The number of allylic oxidation sites excluding steroid dienone is 4. The first-order valence-electron chi connectivity index (χ1n) is 45.4. The van der Waals surface area contributed by atoms with Gasteiger partial charge >= 0.3 is 0 Å². The molecule has 0 radical (unpaired) electrons. The summed E-state index contributed by atoms with van der Waals surface area (Å²) in [6.07, 6.45) is 12.1. The molecule has 0 saturated carbocycles. The monoisotopic (exact) mass is 1750 g/mol. The zero-order valence-electron chi connectivity index (χ0n) is 72.1. The Labute approximate surface area is 775 Å². The number of para-hydroxylation sites is 4. The van der Waals surface area contributed by atoms with Gasteiger partial charge in [-0.25, -0.2) is 19.9 Å². The van der Waals surface area contributed by atoms with Crippen LogP contribution in [0.1, 0.15) is 6.42 Å². The maximum absolute atomic E-state index is 5.50. The molecular formula is C122H80N8S2Si. The van der Waals surface area contributed by atoms with Crippen LogP contribution in [0, 0.1) is 0 Å². The largest absolute Gasteiger partial charge is 0.309 e. The van der Waals surface area contributed by atoms with Gasteiger partial charge in [-0.05, 0) is 195 Å². The van der Waals surface area contributed by atoms with E-state index in [1.54, 1.807) is 0 Å². The summed E-state index contributed by atoms with van der Waals surface area (Å²) in [5.41, 5.74) is 24.7. The lowest BCUT2D eigenvalue weighted by Gasteiger charge is -2.40. The lowest BCUT2D eigenvalue weighted by atomic mass is 10.00. The van der Waals surface area contributed by atoms with Gasteiger partial charge in [-0.15, -0.1) is 22.7 Å². The van der Waals surface area contributed by atoms with Crippen LogP contribution < -0.4 is 15.6 Å². The van der Waals surface area contributed by atoms with E-state index in [4.69, 9.17) is 19.9 Å². The molecule has 11 heteroatoms. The van der Waals surface area contributed by atoms with Crippen LogP contribution in [-0.2, 0) is 0 Å². The Morgan fingerprint density at radius 3 is 1.14 bits per heavy atom. The summed E-state index contributed by atoms with van der Waals surface area (Å²) in [4.78, 5) is 20.8. The molecule has 0 amide bonds. The van der Waals surface area contributed by atoms with Crippen LogP contribution >= 0.6 is 22.7 Å². The molecule has 18 aromatic carbocycles. The molecule has 8 nitrogen and oxygen atoms in total. The highest BCUT2D eigenvalue weighted by atomic mass is 32.1. The van der Waals surface area contributed by atoms with E-state index in [9.17, 15) is 0 Å². The second kappa shape index (κ2) is 32.0. The van der Waals surface area contributed by atoms with Gasteiger partial charge in [0.2, 0.25) is 5.95 Å². The van der Waals surface area contributed by atoms with Gasteiger partial charge < -0.3 is 13.7 Å². The van der Waals surface area contributed by atoms with Crippen molar-refractivity contribution in [3.63, 3.8) is 0 Å². The Balaban J connectivity index is 0.000000140. The second-order valence-electron chi connectivity index (χ2n) is 34.6. The van der Waals surface area contributed by atoms with E-state index in [2.05, 4.69) is 467 Å². The van der Waals surface area contributed by atoms with E-state index < -0.39 is 8.07 Å². The molecule has 0 fully saturated rings. The number of nitrogens with zero attached hydrogens (tertiary/aromatic N) is 8. The summed E-state index contributed by atoms with van der Waals surface area (Å²) in [7, 11) is -2.63. The third-order valence-electron chi connectivity index (χ3n) is 27.3. The van der Waals surface area contributed by atoms with Gasteiger partial charge in [0.1, 0.15) is 0 Å². The molecule has 133 heavy (non-hydrogen) atoms. The molecule has 624 valence electrons. The van der Waals surface area contributed by atoms with E-state index >= 15 is 0 Å². The van der Waals surface area contributed by atoms with E-state index in [0.29, 0.717) is 17.3 Å². The van der Waals surface area contributed by atoms with Gasteiger partial charge in [0, 0.05) is 129 Å². The van der Waals surface area contributed by atoms with Crippen LogP contribution in [-0.4, -0.2) is 46.3 Å². The van der Waals surface area contributed by atoms with Crippen LogP contribution in [0.5, 0.6) is 0 Å². The molecule has 0 aliphatic heterocycles. The topological polar surface area (TPSA) is 71.3 Å². The molecular weight excluding hydrogens is 1670 g/mol. The van der Waals surface area contributed by atoms with E-state index in [1.165, 1.54) is 154 Å². The number of thiophene rings is 2. The second-order valence-corrected chi connectivity index (χ2v) is 40.8. The third kappa shape index (κ3) is 12.9. The van der Waals surface area contributed by atoms with Gasteiger partial charge in [0.25, 0.3) is 0 Å². The predicted molar refractivity (Wildman–Crippen MR) is 564 cm³/mol. The average molecular weight is 1750 g/mol. The first-order chi connectivity index (χ1) is 65.9. The van der Waals surface area contributed by atoms with Crippen molar-refractivity contribution in [2.24, 2.45) is 0 Å². The van der Waals surface area contributed by atoms with Crippen molar-refractivity contribution in [2.75, 3.05) is 0 Å². The van der Waals surface area contributed by atoms with Crippen LogP contribution in [0.15, 0.2) is 467 Å². The van der Waals surface area contributed by atoms with Gasteiger partial charge in [-0.2, -0.15) is 0 Å². The van der Waals surface area contributed by atoms with E-state index in [1.807, 2.05) is 41.0 Å². The standard InChI is InChI=1S/C64H44N4SSi.C58H36N4S/c1-5-19-46(20-6-1)67-57-30-15-13-28-51(57)54-41-43(32-35-58(54)67)44-33-36-59-55(42-44)62-60(37-34-53-52-29-14-16-31-61(52)69-63(53)62)68(59)64-65-39-38-56(66-64)45-18-17-27-50(40-45)70(47-21-7-2-8-22-47,48-23-9-3-10-24-48)49-25-11-4-12-26-49;1-4-14-37(15-5-1)49-36-50(38-16-6-2-7-17-38)60-58(59-49)39-24-28-43(29-25-39)62-53-32-27-41(35-48(53)56-54(62)33-30-46-45-21-11-13-23-55(45)63-57(46)56)40-26-31-52-47(34-40)44-20-10-12-22-51(44)61(52)42-18-8-3-9-19-42/h1-25,27-42,49H,26H2;1-36H. The number of aromatic nitrogens is 8. The zero-order valence-corrected chi connectivity index (χ0v) is 74.8. The lowest BCUT2D eigenvalue weighted by molar-refractivity contribution is 0.992. The number of benzene rings is 18. The van der Waals surface area contributed by atoms with Gasteiger partial charge in [-0.3, -0.25) is 4.57 Å². The minimum atomic E-state index is -2.63. The smallest absolute Gasteiger partial charge is 0.235 e. The van der Waals surface area contributed by atoms with Gasteiger partial charge in [0.05, 0.1) is 61.2 Å². The third-order valence-corrected chi connectivity index (χ3v) is 34.9. The zero-order chi connectivity index (χ0) is 87.6. The molecule has 8 heterocycles. The summed E-state index contributed by atoms with van der Waals surface area (Å²) in [5.74, 6) is 1.35. The average Bonchev–Trinajstić information content (AvgIpc) is 1.25. The van der Waals surface area contributed by atoms with Crippen LogP contribution in [0.4, 0.5) is 0 Å². The molecule has 1 atom stereocenters. The summed E-state index contributed by atoms with van der Waals surface area (Å²) in [6, 6.07) is 159. The molecule has 1 unspecified atom stereocenters. The normalized spacial score (nSPS) is 12.9. The first-order valence-corrected chi connectivity index (χ1v) is 49.1. The summed E-state index contributed by atoms with van der Waals surface area (Å²) >= 11 is 3.76. The number of fused-ring (bicyclic) bond motifs is 20. The number of hydrogen-bond donors (Lipinski definition) is 0. The minimum Gasteiger partial charge on any atom is -0.309 e. The van der Waals surface area contributed by atoms with Crippen molar-refractivity contribution in [3.8, 4) is 90.4 Å². The Bertz CT molecular complexity index is 9070. The summed E-state index contributed by atoms with van der Waals surface area (Å²) < 4.78 is 14.6. The molecule has 0 spiro atoms. The minimum absolute atomic E-state index is 0.336. The number of hydrogen-bond acceptors (Lipinski definition) is 6. The Morgan fingerprint density at radius 1 is 0.248 bits per heavy atom. The highest BCUT2D eigenvalue weighted by Crippen LogP contribution is 2.49. The molecule has 26 aromatic rings. The van der Waals surface area contributed by atoms with E-state index in [0.717, 1.165) is 73.9 Å². The quantitative estimate of drug-likeness (QED) is 0.0803. The van der Waals surface area contributed by atoms with Crippen molar-refractivity contribution in [3.05, 3.63) is 467 Å². The first kappa shape index (κ1) is 77.6. The molecule has 1 aliphatic rings.